The van der Waals surface area contributed by atoms with Gasteiger partial charge >= 0.3 is 5.97 Å². The third-order valence-electron chi connectivity index (χ3n) is 4.08. The number of rotatable bonds is 3. The molecule has 0 heterocycles. The SMILES string of the molecule is COC(=O)[C@@]1(c2ccc(Br)cc2)C(C)=C1c1ccccc1. The second-order valence-electron chi connectivity index (χ2n) is 5.11. The lowest BCUT2D eigenvalue weighted by Gasteiger charge is -2.18. The first-order valence-corrected chi connectivity index (χ1v) is 7.53. The summed E-state index contributed by atoms with van der Waals surface area (Å²) in [5, 5.41) is 0. The molecule has 2 nitrogen and oxygen atoms in total. The monoisotopic (exact) mass is 342 g/mol. The van der Waals surface area contributed by atoms with Crippen molar-refractivity contribution in [3.8, 4) is 0 Å². The Morgan fingerprint density at radius 1 is 1.05 bits per heavy atom. The van der Waals surface area contributed by atoms with E-state index < -0.39 is 5.41 Å². The summed E-state index contributed by atoms with van der Waals surface area (Å²) >= 11 is 3.43. The van der Waals surface area contributed by atoms with Crippen molar-refractivity contribution in [1.82, 2.24) is 0 Å². The number of ether oxygens (including phenoxy) is 1. The van der Waals surface area contributed by atoms with Gasteiger partial charge in [0, 0.05) is 4.47 Å². The van der Waals surface area contributed by atoms with Crippen LogP contribution in [0.2, 0.25) is 0 Å². The van der Waals surface area contributed by atoms with Crippen LogP contribution in [0.3, 0.4) is 0 Å². The van der Waals surface area contributed by atoms with Crippen molar-refractivity contribution in [3.63, 3.8) is 0 Å². The van der Waals surface area contributed by atoms with Gasteiger partial charge in [0.05, 0.1) is 7.11 Å². The van der Waals surface area contributed by atoms with Crippen molar-refractivity contribution in [2.75, 3.05) is 7.11 Å². The minimum atomic E-state index is -0.725. The maximum Gasteiger partial charge on any atom is 0.325 e. The second kappa shape index (κ2) is 5.15. The van der Waals surface area contributed by atoms with Gasteiger partial charge in [0.15, 0.2) is 0 Å². The standard InChI is InChI=1S/C18H15BrO2/c1-12-16(13-6-4-3-5-7-13)18(12,17(20)21-2)14-8-10-15(19)11-9-14/h3-11H,1-2H3/t18-/m1/s1. The molecule has 1 atom stereocenters. The van der Waals surface area contributed by atoms with Crippen LogP contribution in [-0.2, 0) is 14.9 Å². The summed E-state index contributed by atoms with van der Waals surface area (Å²) in [6, 6.07) is 17.9. The summed E-state index contributed by atoms with van der Waals surface area (Å²) in [7, 11) is 1.44. The van der Waals surface area contributed by atoms with Crippen LogP contribution in [0.15, 0.2) is 64.6 Å². The van der Waals surface area contributed by atoms with Gasteiger partial charge in [-0.05, 0) is 41.3 Å². The van der Waals surface area contributed by atoms with E-state index in [0.717, 1.165) is 26.7 Å². The number of methoxy groups -OCH3 is 1. The molecule has 2 aromatic carbocycles. The van der Waals surface area contributed by atoms with Crippen LogP contribution in [0.1, 0.15) is 18.1 Å². The summed E-state index contributed by atoms with van der Waals surface area (Å²) in [6.07, 6.45) is 0. The maximum absolute atomic E-state index is 12.5. The van der Waals surface area contributed by atoms with E-state index in [1.165, 1.54) is 7.11 Å². The van der Waals surface area contributed by atoms with Gasteiger partial charge in [-0.25, -0.2) is 0 Å². The number of hydrogen-bond acceptors (Lipinski definition) is 2. The van der Waals surface area contributed by atoms with Crippen molar-refractivity contribution < 1.29 is 9.53 Å². The van der Waals surface area contributed by atoms with Crippen molar-refractivity contribution in [2.24, 2.45) is 0 Å². The Balaban J connectivity index is 2.11. The molecule has 0 N–H and O–H groups in total. The van der Waals surface area contributed by atoms with E-state index in [1.54, 1.807) is 0 Å². The molecule has 0 amide bonds. The molecule has 0 radical (unpaired) electrons. The summed E-state index contributed by atoms with van der Waals surface area (Å²) in [5.41, 5.74) is 3.41. The highest BCUT2D eigenvalue weighted by Gasteiger charge is 2.59. The van der Waals surface area contributed by atoms with Crippen LogP contribution in [-0.4, -0.2) is 13.1 Å². The molecule has 3 heteroatoms. The molecule has 0 bridgehead atoms. The lowest BCUT2D eigenvalue weighted by Crippen LogP contribution is -2.27. The molecule has 106 valence electrons. The highest BCUT2D eigenvalue weighted by Crippen LogP contribution is 2.60. The van der Waals surface area contributed by atoms with Crippen LogP contribution in [0.25, 0.3) is 5.57 Å². The number of carbonyl (C=O) groups excluding carboxylic acids is 1. The van der Waals surface area contributed by atoms with E-state index in [2.05, 4.69) is 15.9 Å². The molecule has 0 spiro atoms. The third kappa shape index (κ3) is 2.04. The first-order chi connectivity index (χ1) is 10.1. The minimum Gasteiger partial charge on any atom is -0.468 e. The van der Waals surface area contributed by atoms with Crippen molar-refractivity contribution in [2.45, 2.75) is 12.3 Å². The second-order valence-corrected chi connectivity index (χ2v) is 6.03. The minimum absolute atomic E-state index is 0.221. The van der Waals surface area contributed by atoms with E-state index in [1.807, 2.05) is 61.5 Å². The lowest BCUT2D eigenvalue weighted by molar-refractivity contribution is -0.142. The van der Waals surface area contributed by atoms with Crippen LogP contribution in [0.4, 0.5) is 0 Å². The largest absolute Gasteiger partial charge is 0.468 e. The molecular formula is C18H15BrO2. The van der Waals surface area contributed by atoms with Crippen LogP contribution >= 0.6 is 15.9 Å². The Kier molecular flexibility index (Phi) is 3.46. The molecule has 0 aromatic heterocycles. The van der Waals surface area contributed by atoms with Gasteiger partial charge in [0.25, 0.3) is 0 Å². The fourth-order valence-corrected chi connectivity index (χ4v) is 3.30. The van der Waals surface area contributed by atoms with Gasteiger partial charge in [-0.2, -0.15) is 0 Å². The maximum atomic E-state index is 12.5. The number of hydrogen-bond donors (Lipinski definition) is 0. The molecule has 0 saturated heterocycles. The van der Waals surface area contributed by atoms with Crippen molar-refractivity contribution >= 4 is 27.5 Å². The van der Waals surface area contributed by atoms with Crippen LogP contribution in [0, 0.1) is 0 Å². The number of carbonyl (C=O) groups is 1. The van der Waals surface area contributed by atoms with Gasteiger partial charge in [0.2, 0.25) is 0 Å². The van der Waals surface area contributed by atoms with Gasteiger partial charge in [0.1, 0.15) is 5.41 Å². The molecule has 1 aliphatic rings. The summed E-state index contributed by atoms with van der Waals surface area (Å²) in [5.74, 6) is -0.221. The lowest BCUT2D eigenvalue weighted by atomic mass is 9.86. The highest BCUT2D eigenvalue weighted by atomic mass is 79.9. The third-order valence-corrected chi connectivity index (χ3v) is 4.61. The van der Waals surface area contributed by atoms with Gasteiger partial charge in [-0.3, -0.25) is 4.79 Å². The van der Waals surface area contributed by atoms with Crippen molar-refractivity contribution in [3.05, 3.63) is 75.8 Å². The van der Waals surface area contributed by atoms with E-state index in [4.69, 9.17) is 4.74 Å². The molecule has 0 unspecified atom stereocenters. The van der Waals surface area contributed by atoms with E-state index in [0.29, 0.717) is 0 Å². The molecule has 0 fully saturated rings. The molecular weight excluding hydrogens is 328 g/mol. The van der Waals surface area contributed by atoms with E-state index in [9.17, 15) is 4.79 Å². The summed E-state index contributed by atoms with van der Waals surface area (Å²) < 4.78 is 6.08. The molecule has 0 aliphatic heterocycles. The molecule has 0 saturated carbocycles. The first kappa shape index (κ1) is 14.1. The smallest absolute Gasteiger partial charge is 0.325 e. The number of esters is 1. The zero-order valence-electron chi connectivity index (χ0n) is 11.9. The van der Waals surface area contributed by atoms with E-state index in [-0.39, 0.29) is 5.97 Å². The zero-order chi connectivity index (χ0) is 15.0. The Bertz CT molecular complexity index is 717. The topological polar surface area (TPSA) is 26.3 Å². The van der Waals surface area contributed by atoms with Crippen molar-refractivity contribution in [1.29, 1.82) is 0 Å². The predicted molar refractivity (Wildman–Crippen MR) is 86.9 cm³/mol. The first-order valence-electron chi connectivity index (χ1n) is 6.74. The van der Waals surface area contributed by atoms with Gasteiger partial charge in [-0.1, -0.05) is 58.4 Å². The summed E-state index contributed by atoms with van der Waals surface area (Å²) in [4.78, 5) is 12.5. The quantitative estimate of drug-likeness (QED) is 0.775. The van der Waals surface area contributed by atoms with E-state index >= 15 is 0 Å². The van der Waals surface area contributed by atoms with Crippen LogP contribution < -0.4 is 0 Å². The zero-order valence-corrected chi connectivity index (χ0v) is 13.5. The summed E-state index contributed by atoms with van der Waals surface area (Å²) in [6.45, 7) is 2.00. The van der Waals surface area contributed by atoms with Gasteiger partial charge < -0.3 is 4.74 Å². The highest BCUT2D eigenvalue weighted by molar-refractivity contribution is 9.10. The van der Waals surface area contributed by atoms with Crippen LogP contribution in [0.5, 0.6) is 0 Å². The fourth-order valence-electron chi connectivity index (χ4n) is 3.03. The Morgan fingerprint density at radius 3 is 2.24 bits per heavy atom. The predicted octanol–water partition coefficient (Wildman–Crippen LogP) is 4.35. The molecule has 3 rings (SSSR count). The average molecular weight is 343 g/mol. The van der Waals surface area contributed by atoms with Gasteiger partial charge in [-0.15, -0.1) is 0 Å². The number of benzene rings is 2. The average Bonchev–Trinajstić information content (AvgIpc) is 3.14. The Hall–Kier alpha value is -1.87. The molecule has 21 heavy (non-hydrogen) atoms. The fraction of sp³-hybridized carbons (Fsp3) is 0.167. The normalized spacial score (nSPS) is 20.3. The Labute approximate surface area is 132 Å². The Morgan fingerprint density at radius 2 is 1.67 bits per heavy atom. The molecule has 1 aliphatic carbocycles. The molecule has 2 aromatic rings. The number of halogens is 1.